The predicted octanol–water partition coefficient (Wildman–Crippen LogP) is -0.564. The third kappa shape index (κ3) is 4.03. The van der Waals surface area contributed by atoms with E-state index in [4.69, 9.17) is 0 Å². The molecule has 1 aliphatic rings. The number of carbonyl (C=O) groups excluding carboxylic acids is 4. The van der Waals surface area contributed by atoms with Crippen molar-refractivity contribution in [2.75, 3.05) is 0 Å². The molecule has 0 spiro atoms. The van der Waals surface area contributed by atoms with Gasteiger partial charge in [-0.15, -0.1) is 0 Å². The standard InChI is InChI=1S/C13H14N4O4/c18-10(7-6-9-12(20)15-13(21)14-9)16-17-11(19)8-4-2-1-3-5-8/h1-5,9H,6-7H2,(H,16,18)(H,17,19)(H2,14,15,20,21)/t9-/m1/s1. The summed E-state index contributed by atoms with van der Waals surface area (Å²) in [7, 11) is 0. The summed E-state index contributed by atoms with van der Waals surface area (Å²) in [6.07, 6.45) is 0.151. The second kappa shape index (κ2) is 6.51. The number of nitrogens with one attached hydrogen (secondary N) is 4. The first kappa shape index (κ1) is 14.5. The molecule has 21 heavy (non-hydrogen) atoms. The van der Waals surface area contributed by atoms with Crippen molar-refractivity contribution >= 4 is 23.8 Å². The zero-order valence-electron chi connectivity index (χ0n) is 11.0. The summed E-state index contributed by atoms with van der Waals surface area (Å²) in [6.45, 7) is 0. The van der Waals surface area contributed by atoms with Crippen molar-refractivity contribution in [3.63, 3.8) is 0 Å². The largest absolute Gasteiger partial charge is 0.326 e. The molecule has 0 aromatic heterocycles. The lowest BCUT2D eigenvalue weighted by Gasteiger charge is -2.09. The monoisotopic (exact) mass is 290 g/mol. The predicted molar refractivity (Wildman–Crippen MR) is 71.7 cm³/mol. The maximum Gasteiger partial charge on any atom is 0.322 e. The molecule has 8 heteroatoms. The van der Waals surface area contributed by atoms with E-state index in [0.29, 0.717) is 5.56 Å². The topological polar surface area (TPSA) is 116 Å². The van der Waals surface area contributed by atoms with Crippen molar-refractivity contribution < 1.29 is 19.2 Å². The van der Waals surface area contributed by atoms with Crippen molar-refractivity contribution in [3.8, 4) is 0 Å². The number of rotatable bonds is 4. The molecule has 0 aliphatic carbocycles. The number of benzene rings is 1. The second-order valence-corrected chi connectivity index (χ2v) is 4.42. The number of hydrazine groups is 1. The van der Waals surface area contributed by atoms with Gasteiger partial charge in [0.25, 0.3) is 11.8 Å². The van der Waals surface area contributed by atoms with Gasteiger partial charge in [-0.25, -0.2) is 4.79 Å². The number of amides is 5. The molecule has 1 aromatic rings. The molecule has 1 aromatic carbocycles. The SMILES string of the molecule is O=C(CC[C@H]1NC(=O)NC1=O)NNC(=O)c1ccccc1. The van der Waals surface area contributed by atoms with Gasteiger partial charge in [0.2, 0.25) is 5.91 Å². The maximum atomic E-state index is 11.7. The van der Waals surface area contributed by atoms with E-state index in [2.05, 4.69) is 21.5 Å². The van der Waals surface area contributed by atoms with Crippen LogP contribution in [0.25, 0.3) is 0 Å². The summed E-state index contributed by atoms with van der Waals surface area (Å²) in [4.78, 5) is 45.3. The quantitative estimate of drug-likeness (QED) is 0.439. The van der Waals surface area contributed by atoms with E-state index >= 15 is 0 Å². The fourth-order valence-electron chi connectivity index (χ4n) is 1.79. The van der Waals surface area contributed by atoms with Crippen LogP contribution in [0.3, 0.4) is 0 Å². The Labute approximate surface area is 120 Å². The maximum absolute atomic E-state index is 11.7. The lowest BCUT2D eigenvalue weighted by Crippen LogP contribution is -2.42. The molecule has 1 aliphatic heterocycles. The van der Waals surface area contributed by atoms with E-state index in [1.807, 2.05) is 0 Å². The van der Waals surface area contributed by atoms with Gasteiger partial charge in [-0.2, -0.15) is 0 Å². The minimum atomic E-state index is -0.715. The van der Waals surface area contributed by atoms with Crippen LogP contribution in [0.15, 0.2) is 30.3 Å². The molecule has 5 amide bonds. The highest BCUT2D eigenvalue weighted by molar-refractivity contribution is 6.04. The van der Waals surface area contributed by atoms with E-state index in [9.17, 15) is 19.2 Å². The Balaban J connectivity index is 1.72. The molecule has 0 bridgehead atoms. The van der Waals surface area contributed by atoms with Gasteiger partial charge >= 0.3 is 6.03 Å². The fourth-order valence-corrected chi connectivity index (χ4v) is 1.79. The van der Waals surface area contributed by atoms with E-state index in [1.165, 1.54) is 0 Å². The summed E-state index contributed by atoms with van der Waals surface area (Å²) < 4.78 is 0. The van der Waals surface area contributed by atoms with Crippen molar-refractivity contribution in [1.82, 2.24) is 21.5 Å². The Morgan fingerprint density at radius 1 is 1.10 bits per heavy atom. The summed E-state index contributed by atoms with van der Waals surface area (Å²) in [5.74, 6) is -1.34. The number of hydrogen-bond donors (Lipinski definition) is 4. The molecule has 8 nitrogen and oxygen atoms in total. The van der Waals surface area contributed by atoms with Gasteiger partial charge in [0.05, 0.1) is 0 Å². The molecule has 0 radical (unpaired) electrons. The zero-order chi connectivity index (χ0) is 15.2. The highest BCUT2D eigenvalue weighted by Gasteiger charge is 2.29. The van der Waals surface area contributed by atoms with E-state index in [-0.39, 0.29) is 12.8 Å². The second-order valence-electron chi connectivity index (χ2n) is 4.42. The highest BCUT2D eigenvalue weighted by atomic mass is 16.2. The van der Waals surface area contributed by atoms with Crippen LogP contribution in [0.1, 0.15) is 23.2 Å². The first-order chi connectivity index (χ1) is 10.1. The lowest BCUT2D eigenvalue weighted by molar-refractivity contribution is -0.122. The third-order valence-electron chi connectivity index (χ3n) is 2.87. The number of urea groups is 1. The van der Waals surface area contributed by atoms with Crippen molar-refractivity contribution in [2.45, 2.75) is 18.9 Å². The fraction of sp³-hybridized carbons (Fsp3) is 0.231. The van der Waals surface area contributed by atoms with Crippen LogP contribution in [0, 0.1) is 0 Å². The van der Waals surface area contributed by atoms with Gasteiger partial charge in [0.15, 0.2) is 0 Å². The highest BCUT2D eigenvalue weighted by Crippen LogP contribution is 2.02. The van der Waals surface area contributed by atoms with Crippen LogP contribution in [0.5, 0.6) is 0 Å². The first-order valence-corrected chi connectivity index (χ1v) is 6.32. The molecule has 1 atom stereocenters. The minimum absolute atomic E-state index is 0.00651. The van der Waals surface area contributed by atoms with Gasteiger partial charge in [-0.3, -0.25) is 30.6 Å². The van der Waals surface area contributed by atoms with Crippen LogP contribution in [0.4, 0.5) is 4.79 Å². The van der Waals surface area contributed by atoms with Gasteiger partial charge < -0.3 is 5.32 Å². The Hall–Kier alpha value is -2.90. The smallest absolute Gasteiger partial charge is 0.322 e. The van der Waals surface area contributed by atoms with Gasteiger partial charge in [0, 0.05) is 12.0 Å². The van der Waals surface area contributed by atoms with Crippen LogP contribution in [0.2, 0.25) is 0 Å². The molecule has 110 valence electrons. The Kier molecular flexibility index (Phi) is 4.50. The van der Waals surface area contributed by atoms with Crippen molar-refractivity contribution in [2.24, 2.45) is 0 Å². The van der Waals surface area contributed by atoms with Crippen LogP contribution >= 0.6 is 0 Å². The van der Waals surface area contributed by atoms with Crippen LogP contribution < -0.4 is 21.5 Å². The van der Waals surface area contributed by atoms with Crippen LogP contribution in [-0.2, 0) is 9.59 Å². The normalized spacial score (nSPS) is 16.9. The minimum Gasteiger partial charge on any atom is -0.326 e. The van der Waals surface area contributed by atoms with E-state index in [1.54, 1.807) is 30.3 Å². The Bertz CT molecular complexity index is 573. The molecule has 1 heterocycles. The third-order valence-corrected chi connectivity index (χ3v) is 2.87. The molecule has 0 unspecified atom stereocenters. The summed E-state index contributed by atoms with van der Waals surface area (Å²) >= 11 is 0. The molecular weight excluding hydrogens is 276 g/mol. The molecule has 0 saturated carbocycles. The molecule has 1 saturated heterocycles. The van der Waals surface area contributed by atoms with Crippen molar-refractivity contribution in [1.29, 1.82) is 0 Å². The summed E-state index contributed by atoms with van der Waals surface area (Å²) in [5, 5.41) is 4.45. The average molecular weight is 290 g/mol. The van der Waals surface area contributed by atoms with E-state index < -0.39 is 29.8 Å². The molecule has 4 N–H and O–H groups in total. The zero-order valence-corrected chi connectivity index (χ0v) is 11.0. The van der Waals surface area contributed by atoms with Gasteiger partial charge in [-0.05, 0) is 18.6 Å². The summed E-state index contributed by atoms with van der Waals surface area (Å²) in [5.41, 5.74) is 4.93. The number of carbonyl (C=O) groups is 4. The lowest BCUT2D eigenvalue weighted by atomic mass is 10.1. The van der Waals surface area contributed by atoms with Crippen LogP contribution in [-0.4, -0.2) is 29.8 Å². The van der Waals surface area contributed by atoms with E-state index in [0.717, 1.165) is 0 Å². The number of hydrogen-bond acceptors (Lipinski definition) is 4. The first-order valence-electron chi connectivity index (χ1n) is 6.32. The Morgan fingerprint density at radius 2 is 1.81 bits per heavy atom. The molecular formula is C13H14N4O4. The summed E-state index contributed by atoms with van der Waals surface area (Å²) in [6, 6.07) is 7.13. The Morgan fingerprint density at radius 3 is 2.43 bits per heavy atom. The molecule has 2 rings (SSSR count). The van der Waals surface area contributed by atoms with Gasteiger partial charge in [-0.1, -0.05) is 18.2 Å². The average Bonchev–Trinajstić information content (AvgIpc) is 2.81. The molecule has 1 fully saturated rings. The van der Waals surface area contributed by atoms with Gasteiger partial charge in [0.1, 0.15) is 6.04 Å². The number of imide groups is 1. The van der Waals surface area contributed by atoms with Crippen molar-refractivity contribution in [3.05, 3.63) is 35.9 Å².